The molecule has 0 aliphatic heterocycles. The molecule has 0 fully saturated rings. The van der Waals surface area contributed by atoms with E-state index in [2.05, 4.69) is 15.3 Å². The lowest BCUT2D eigenvalue weighted by atomic mass is 10.1. The molecule has 3 rings (SSSR count). The zero-order chi connectivity index (χ0) is 14.7. The summed E-state index contributed by atoms with van der Waals surface area (Å²) in [5.41, 5.74) is 8.47. The highest BCUT2D eigenvalue weighted by atomic mass is 16.1. The van der Waals surface area contributed by atoms with Gasteiger partial charge in [-0.2, -0.15) is 0 Å². The van der Waals surface area contributed by atoms with Gasteiger partial charge in [-0.15, -0.1) is 0 Å². The van der Waals surface area contributed by atoms with Crippen LogP contribution in [0.2, 0.25) is 0 Å². The maximum absolute atomic E-state index is 11.0. The Balaban J connectivity index is 1.72. The fourth-order valence-electron chi connectivity index (χ4n) is 2.02. The lowest BCUT2D eigenvalue weighted by Gasteiger charge is -2.06. The Bertz CT molecular complexity index is 784. The summed E-state index contributed by atoms with van der Waals surface area (Å²) < 4.78 is 0. The number of hydrogen-bond acceptors (Lipinski definition) is 4. The van der Waals surface area contributed by atoms with E-state index in [1.54, 1.807) is 18.3 Å². The van der Waals surface area contributed by atoms with Crippen molar-refractivity contribution in [3.63, 3.8) is 0 Å². The molecule has 0 spiro atoms. The molecule has 104 valence electrons. The van der Waals surface area contributed by atoms with E-state index < -0.39 is 5.91 Å². The average Bonchev–Trinajstić information content (AvgIpc) is 2.53. The van der Waals surface area contributed by atoms with E-state index in [1.807, 2.05) is 36.4 Å². The van der Waals surface area contributed by atoms with Crippen LogP contribution in [0.3, 0.4) is 0 Å². The molecule has 5 heteroatoms. The summed E-state index contributed by atoms with van der Waals surface area (Å²) in [4.78, 5) is 19.8. The molecule has 3 N–H and O–H groups in total. The van der Waals surface area contributed by atoms with E-state index >= 15 is 0 Å². The lowest BCUT2D eigenvalue weighted by Crippen LogP contribution is -2.10. The largest absolute Gasteiger partial charge is 0.366 e. The van der Waals surface area contributed by atoms with Crippen molar-refractivity contribution < 1.29 is 4.79 Å². The molecule has 1 aromatic heterocycles. The summed E-state index contributed by atoms with van der Waals surface area (Å²) in [5.74, 6) is 0.294. The van der Waals surface area contributed by atoms with E-state index in [-0.39, 0.29) is 0 Å². The number of nitrogens with two attached hydrogens (primary N) is 1. The van der Waals surface area contributed by atoms with Crippen LogP contribution in [-0.2, 0) is 6.54 Å². The Kier molecular flexibility index (Phi) is 3.47. The number of hydrogen-bond donors (Lipinski definition) is 2. The van der Waals surface area contributed by atoms with Crippen molar-refractivity contribution in [1.29, 1.82) is 0 Å². The van der Waals surface area contributed by atoms with Crippen molar-refractivity contribution in [2.45, 2.75) is 6.54 Å². The summed E-state index contributed by atoms with van der Waals surface area (Å²) in [6.45, 7) is 0.603. The number of anilines is 1. The van der Waals surface area contributed by atoms with Crippen LogP contribution in [0.4, 0.5) is 5.82 Å². The number of fused-ring (bicyclic) bond motifs is 1. The summed E-state index contributed by atoms with van der Waals surface area (Å²) in [7, 11) is 0. The minimum absolute atomic E-state index is 0.421. The highest BCUT2D eigenvalue weighted by molar-refractivity contribution is 5.92. The second-order valence-corrected chi connectivity index (χ2v) is 4.66. The second-order valence-electron chi connectivity index (χ2n) is 4.66. The molecule has 2 aromatic carbocycles. The molecule has 0 saturated heterocycles. The predicted molar refractivity (Wildman–Crippen MR) is 81.8 cm³/mol. The molecule has 0 unspecified atom stereocenters. The summed E-state index contributed by atoms with van der Waals surface area (Å²) in [5, 5.41) is 3.21. The van der Waals surface area contributed by atoms with Gasteiger partial charge in [-0.25, -0.2) is 4.98 Å². The van der Waals surface area contributed by atoms with Gasteiger partial charge in [0.2, 0.25) is 5.91 Å². The first kappa shape index (κ1) is 13.1. The van der Waals surface area contributed by atoms with Crippen LogP contribution in [-0.4, -0.2) is 15.9 Å². The van der Waals surface area contributed by atoms with Crippen LogP contribution in [0.15, 0.2) is 54.7 Å². The fraction of sp³-hybridized carbons (Fsp3) is 0.0625. The minimum atomic E-state index is -0.421. The van der Waals surface area contributed by atoms with Gasteiger partial charge in [0, 0.05) is 12.1 Å². The Morgan fingerprint density at radius 2 is 1.76 bits per heavy atom. The molecule has 0 bridgehead atoms. The molecule has 5 nitrogen and oxygen atoms in total. The molecular weight excluding hydrogens is 264 g/mol. The average molecular weight is 278 g/mol. The third-order valence-electron chi connectivity index (χ3n) is 3.16. The van der Waals surface area contributed by atoms with Gasteiger partial charge < -0.3 is 11.1 Å². The molecule has 0 aliphatic carbocycles. The monoisotopic (exact) mass is 278 g/mol. The maximum Gasteiger partial charge on any atom is 0.248 e. The first-order valence-electron chi connectivity index (χ1n) is 6.57. The molecule has 21 heavy (non-hydrogen) atoms. The number of rotatable bonds is 4. The Morgan fingerprint density at radius 3 is 2.48 bits per heavy atom. The van der Waals surface area contributed by atoms with Crippen molar-refractivity contribution in [2.75, 3.05) is 5.32 Å². The highest BCUT2D eigenvalue weighted by Gasteiger charge is 2.01. The second kappa shape index (κ2) is 5.58. The van der Waals surface area contributed by atoms with E-state index in [0.29, 0.717) is 17.9 Å². The van der Waals surface area contributed by atoms with Crippen molar-refractivity contribution in [3.8, 4) is 0 Å². The van der Waals surface area contributed by atoms with Gasteiger partial charge in [0.15, 0.2) is 0 Å². The zero-order valence-corrected chi connectivity index (χ0v) is 11.3. The van der Waals surface area contributed by atoms with Gasteiger partial charge in [0.25, 0.3) is 0 Å². The third-order valence-corrected chi connectivity index (χ3v) is 3.16. The smallest absolute Gasteiger partial charge is 0.248 e. The fourth-order valence-corrected chi connectivity index (χ4v) is 2.02. The predicted octanol–water partition coefficient (Wildman–Crippen LogP) is 2.34. The first-order chi connectivity index (χ1) is 10.2. The molecule has 0 saturated carbocycles. The first-order valence-corrected chi connectivity index (χ1v) is 6.57. The Labute approximate surface area is 121 Å². The highest BCUT2D eigenvalue weighted by Crippen LogP contribution is 2.12. The van der Waals surface area contributed by atoms with Crippen LogP contribution in [0.5, 0.6) is 0 Å². The molecule has 3 aromatic rings. The Hall–Kier alpha value is -2.95. The van der Waals surface area contributed by atoms with Crippen LogP contribution < -0.4 is 11.1 Å². The van der Waals surface area contributed by atoms with Gasteiger partial charge in [0.05, 0.1) is 17.2 Å². The maximum atomic E-state index is 11.0. The summed E-state index contributed by atoms with van der Waals surface area (Å²) in [6.07, 6.45) is 1.71. The number of amides is 1. The van der Waals surface area contributed by atoms with Gasteiger partial charge >= 0.3 is 0 Å². The van der Waals surface area contributed by atoms with Gasteiger partial charge in [-0.05, 0) is 29.8 Å². The third kappa shape index (κ3) is 2.97. The number of carbonyl (C=O) groups is 1. The number of nitrogens with zero attached hydrogens (tertiary/aromatic N) is 2. The number of nitrogens with one attached hydrogen (secondary N) is 1. The number of primary amides is 1. The topological polar surface area (TPSA) is 80.9 Å². The summed E-state index contributed by atoms with van der Waals surface area (Å²) >= 11 is 0. The number of benzene rings is 2. The van der Waals surface area contributed by atoms with Crippen molar-refractivity contribution >= 4 is 22.8 Å². The number of aromatic nitrogens is 2. The quantitative estimate of drug-likeness (QED) is 0.767. The molecular formula is C16H14N4O. The van der Waals surface area contributed by atoms with E-state index in [0.717, 1.165) is 16.6 Å². The lowest BCUT2D eigenvalue weighted by molar-refractivity contribution is 0.100. The van der Waals surface area contributed by atoms with Gasteiger partial charge in [0.1, 0.15) is 5.82 Å². The standard InChI is InChI=1S/C16H14N4O/c17-16(21)12-7-5-11(6-8-12)9-19-15-10-18-13-3-1-2-4-14(13)20-15/h1-8,10H,9H2,(H2,17,21)(H,19,20). The normalized spacial score (nSPS) is 10.5. The number of para-hydroxylation sites is 2. The van der Waals surface area contributed by atoms with Gasteiger partial charge in [-0.1, -0.05) is 24.3 Å². The zero-order valence-electron chi connectivity index (χ0n) is 11.3. The molecule has 1 heterocycles. The van der Waals surface area contributed by atoms with Crippen LogP contribution >= 0.6 is 0 Å². The summed E-state index contributed by atoms with van der Waals surface area (Å²) in [6, 6.07) is 14.9. The van der Waals surface area contributed by atoms with E-state index in [9.17, 15) is 4.79 Å². The van der Waals surface area contributed by atoms with Crippen LogP contribution in [0.25, 0.3) is 11.0 Å². The minimum Gasteiger partial charge on any atom is -0.366 e. The molecule has 0 aliphatic rings. The van der Waals surface area contributed by atoms with Gasteiger partial charge in [-0.3, -0.25) is 9.78 Å². The molecule has 0 atom stereocenters. The Morgan fingerprint density at radius 1 is 1.05 bits per heavy atom. The van der Waals surface area contributed by atoms with E-state index in [4.69, 9.17) is 5.73 Å². The SMILES string of the molecule is NC(=O)c1ccc(CNc2cnc3ccccc3n2)cc1. The van der Waals surface area contributed by atoms with Crippen molar-refractivity contribution in [1.82, 2.24) is 9.97 Å². The number of carbonyl (C=O) groups excluding carboxylic acids is 1. The molecule has 0 radical (unpaired) electrons. The van der Waals surface area contributed by atoms with Crippen LogP contribution in [0, 0.1) is 0 Å². The van der Waals surface area contributed by atoms with Crippen LogP contribution in [0.1, 0.15) is 15.9 Å². The van der Waals surface area contributed by atoms with E-state index in [1.165, 1.54) is 0 Å². The van der Waals surface area contributed by atoms with Crippen molar-refractivity contribution in [2.24, 2.45) is 5.73 Å². The van der Waals surface area contributed by atoms with Crippen molar-refractivity contribution in [3.05, 3.63) is 65.9 Å². The molecule has 1 amide bonds.